The van der Waals surface area contributed by atoms with Gasteiger partial charge in [-0.25, -0.2) is 0 Å². The number of aryl methyl sites for hydroxylation is 1. The van der Waals surface area contributed by atoms with Gasteiger partial charge in [0.15, 0.2) is 0 Å². The first-order chi connectivity index (χ1) is 11.4. The molecule has 1 aromatic carbocycles. The number of halogens is 3. The molecule has 0 aliphatic carbocycles. The van der Waals surface area contributed by atoms with Crippen LogP contribution in [0.15, 0.2) is 24.3 Å². The van der Waals surface area contributed by atoms with E-state index < -0.39 is 11.7 Å². The monoisotopic (exact) mass is 343 g/mol. The van der Waals surface area contributed by atoms with Gasteiger partial charge in [-0.2, -0.15) is 13.2 Å². The molecule has 0 aromatic heterocycles. The van der Waals surface area contributed by atoms with Crippen LogP contribution in [0.3, 0.4) is 0 Å². The van der Waals surface area contributed by atoms with Crippen molar-refractivity contribution in [1.29, 1.82) is 0 Å². The van der Waals surface area contributed by atoms with Gasteiger partial charge in [0.2, 0.25) is 5.91 Å². The normalized spacial score (nSPS) is 18.7. The summed E-state index contributed by atoms with van der Waals surface area (Å²) in [5.74, 6) is 0.323. The standard InChI is InChI=1S/C18H24F3NO2/c1-24-12-10-17(23)22-11-4-5-14(13-22)8-9-15-6-2-3-7-16(15)18(19,20)21/h2-3,6-7,14H,4-5,8-13H2,1H3/t14-/m1/s1. The average Bonchev–Trinajstić information content (AvgIpc) is 2.57. The Balaban J connectivity index is 1.92. The third kappa shape index (κ3) is 5.23. The van der Waals surface area contributed by atoms with E-state index in [-0.39, 0.29) is 11.8 Å². The molecule has 134 valence electrons. The number of hydrogen-bond donors (Lipinski definition) is 0. The fourth-order valence-corrected chi connectivity index (χ4v) is 3.25. The van der Waals surface area contributed by atoms with Gasteiger partial charge >= 0.3 is 6.18 Å². The minimum atomic E-state index is -4.31. The highest BCUT2D eigenvalue weighted by Gasteiger charge is 2.33. The lowest BCUT2D eigenvalue weighted by molar-refractivity contribution is -0.138. The van der Waals surface area contributed by atoms with Crippen molar-refractivity contribution in [2.24, 2.45) is 5.92 Å². The predicted octanol–water partition coefficient (Wildman–Crippen LogP) is 3.91. The molecule has 0 N–H and O–H groups in total. The summed E-state index contributed by atoms with van der Waals surface area (Å²) >= 11 is 0. The highest BCUT2D eigenvalue weighted by Crippen LogP contribution is 2.33. The Morgan fingerprint density at radius 1 is 1.33 bits per heavy atom. The third-order valence-electron chi connectivity index (χ3n) is 4.54. The number of alkyl halides is 3. The van der Waals surface area contributed by atoms with Crippen LogP contribution in [0.2, 0.25) is 0 Å². The molecular weight excluding hydrogens is 319 g/mol. The molecule has 0 radical (unpaired) electrons. The molecule has 3 nitrogen and oxygen atoms in total. The van der Waals surface area contributed by atoms with E-state index in [1.165, 1.54) is 6.07 Å². The van der Waals surface area contributed by atoms with E-state index in [1.54, 1.807) is 19.2 Å². The van der Waals surface area contributed by atoms with Gasteiger partial charge in [-0.3, -0.25) is 4.79 Å². The maximum absolute atomic E-state index is 13.0. The van der Waals surface area contributed by atoms with Crippen LogP contribution in [-0.4, -0.2) is 37.6 Å². The van der Waals surface area contributed by atoms with Crippen molar-refractivity contribution in [3.63, 3.8) is 0 Å². The Morgan fingerprint density at radius 2 is 2.08 bits per heavy atom. The van der Waals surface area contributed by atoms with Crippen molar-refractivity contribution < 1.29 is 22.7 Å². The Bertz CT molecular complexity index is 545. The van der Waals surface area contributed by atoms with Gasteiger partial charge in [0.25, 0.3) is 0 Å². The van der Waals surface area contributed by atoms with Crippen molar-refractivity contribution in [3.05, 3.63) is 35.4 Å². The van der Waals surface area contributed by atoms with Crippen LogP contribution in [0.4, 0.5) is 13.2 Å². The molecular formula is C18H24F3NO2. The largest absolute Gasteiger partial charge is 0.416 e. The fourth-order valence-electron chi connectivity index (χ4n) is 3.25. The molecule has 1 amide bonds. The summed E-state index contributed by atoms with van der Waals surface area (Å²) in [4.78, 5) is 13.9. The molecule has 2 rings (SSSR count). The van der Waals surface area contributed by atoms with Gasteiger partial charge in [0, 0.05) is 20.2 Å². The van der Waals surface area contributed by atoms with E-state index in [9.17, 15) is 18.0 Å². The van der Waals surface area contributed by atoms with Crippen LogP contribution in [0, 0.1) is 5.92 Å². The summed E-state index contributed by atoms with van der Waals surface area (Å²) in [6.07, 6.45) is -1.03. The fraction of sp³-hybridized carbons (Fsp3) is 0.611. The number of amides is 1. The topological polar surface area (TPSA) is 29.5 Å². The second-order valence-electron chi connectivity index (χ2n) is 6.28. The quantitative estimate of drug-likeness (QED) is 0.784. The number of ether oxygens (including phenoxy) is 1. The average molecular weight is 343 g/mol. The first-order valence-corrected chi connectivity index (χ1v) is 8.33. The first kappa shape index (κ1) is 18.8. The van der Waals surface area contributed by atoms with E-state index >= 15 is 0 Å². The van der Waals surface area contributed by atoms with Crippen molar-refractivity contribution in [1.82, 2.24) is 4.90 Å². The lowest BCUT2D eigenvalue weighted by atomic mass is 9.90. The first-order valence-electron chi connectivity index (χ1n) is 8.33. The number of benzene rings is 1. The molecule has 0 saturated carbocycles. The lowest BCUT2D eigenvalue weighted by Gasteiger charge is -2.33. The molecule has 1 atom stereocenters. The van der Waals surface area contributed by atoms with Crippen molar-refractivity contribution in [3.8, 4) is 0 Å². The molecule has 1 fully saturated rings. The van der Waals surface area contributed by atoms with Crippen LogP contribution in [0.25, 0.3) is 0 Å². The third-order valence-corrected chi connectivity index (χ3v) is 4.54. The Hall–Kier alpha value is -1.56. The van der Waals surface area contributed by atoms with E-state index in [1.807, 2.05) is 4.90 Å². The molecule has 1 heterocycles. The van der Waals surface area contributed by atoms with E-state index in [0.29, 0.717) is 38.0 Å². The number of hydrogen-bond acceptors (Lipinski definition) is 2. The smallest absolute Gasteiger partial charge is 0.384 e. The predicted molar refractivity (Wildman–Crippen MR) is 85.6 cm³/mol. The summed E-state index contributed by atoms with van der Waals surface area (Å²) in [7, 11) is 1.56. The minimum Gasteiger partial charge on any atom is -0.384 e. The number of piperidine rings is 1. The van der Waals surface area contributed by atoms with Gasteiger partial charge < -0.3 is 9.64 Å². The SMILES string of the molecule is COCCC(=O)N1CCC[C@H](CCc2ccccc2C(F)(F)F)C1. The summed E-state index contributed by atoms with van der Waals surface area (Å²) in [5, 5.41) is 0. The highest BCUT2D eigenvalue weighted by molar-refractivity contribution is 5.76. The minimum absolute atomic E-state index is 0.0669. The molecule has 24 heavy (non-hydrogen) atoms. The summed E-state index contributed by atoms with van der Waals surface area (Å²) < 4.78 is 44.0. The molecule has 0 spiro atoms. The van der Waals surface area contributed by atoms with E-state index in [2.05, 4.69) is 0 Å². The van der Waals surface area contributed by atoms with Crippen molar-refractivity contribution >= 4 is 5.91 Å². The molecule has 1 aliphatic heterocycles. The zero-order chi connectivity index (χ0) is 17.6. The molecule has 0 unspecified atom stereocenters. The summed E-state index contributed by atoms with van der Waals surface area (Å²) in [5.41, 5.74) is -0.207. The van der Waals surface area contributed by atoms with E-state index in [4.69, 9.17) is 4.74 Å². The Labute approximate surface area is 140 Å². The number of carbonyl (C=O) groups is 1. The Kier molecular flexibility index (Phi) is 6.66. The van der Waals surface area contributed by atoms with Crippen molar-refractivity contribution in [2.75, 3.05) is 26.8 Å². The number of nitrogens with zero attached hydrogens (tertiary/aromatic N) is 1. The molecule has 1 aliphatic rings. The Morgan fingerprint density at radius 3 is 2.79 bits per heavy atom. The van der Waals surface area contributed by atoms with Crippen molar-refractivity contribution in [2.45, 2.75) is 38.3 Å². The zero-order valence-electron chi connectivity index (χ0n) is 13.9. The van der Waals surface area contributed by atoms with Gasteiger partial charge in [-0.05, 0) is 43.2 Å². The lowest BCUT2D eigenvalue weighted by Crippen LogP contribution is -2.40. The maximum Gasteiger partial charge on any atom is 0.416 e. The summed E-state index contributed by atoms with van der Waals surface area (Å²) in [6, 6.07) is 5.75. The van der Waals surface area contributed by atoms with Crippen LogP contribution in [0.5, 0.6) is 0 Å². The number of rotatable bonds is 6. The second kappa shape index (κ2) is 8.51. The van der Waals surface area contributed by atoms with Crippen LogP contribution >= 0.6 is 0 Å². The molecule has 1 saturated heterocycles. The maximum atomic E-state index is 13.0. The van der Waals surface area contributed by atoms with Gasteiger partial charge in [0.05, 0.1) is 18.6 Å². The van der Waals surface area contributed by atoms with Gasteiger partial charge in [-0.1, -0.05) is 18.2 Å². The summed E-state index contributed by atoms with van der Waals surface area (Å²) in [6.45, 7) is 1.77. The molecule has 0 bridgehead atoms. The number of likely N-dealkylation sites (tertiary alicyclic amines) is 1. The van der Waals surface area contributed by atoms with Gasteiger partial charge in [-0.15, -0.1) is 0 Å². The van der Waals surface area contributed by atoms with E-state index in [0.717, 1.165) is 25.5 Å². The van der Waals surface area contributed by atoms with Crippen LogP contribution in [-0.2, 0) is 22.1 Å². The second-order valence-corrected chi connectivity index (χ2v) is 6.28. The van der Waals surface area contributed by atoms with Crippen LogP contribution < -0.4 is 0 Å². The molecule has 1 aromatic rings. The van der Waals surface area contributed by atoms with Gasteiger partial charge in [0.1, 0.15) is 0 Å². The number of methoxy groups -OCH3 is 1. The number of carbonyl (C=O) groups excluding carboxylic acids is 1. The molecule has 6 heteroatoms. The van der Waals surface area contributed by atoms with Crippen LogP contribution in [0.1, 0.15) is 36.8 Å². The zero-order valence-corrected chi connectivity index (χ0v) is 13.9. The highest BCUT2D eigenvalue weighted by atomic mass is 19.4.